The van der Waals surface area contributed by atoms with Gasteiger partial charge in [0.25, 0.3) is 0 Å². The number of aromatic hydroxyl groups is 1. The molecule has 3 aliphatic carbocycles. The van der Waals surface area contributed by atoms with Crippen LogP contribution in [0.4, 0.5) is 0 Å². The molecule has 3 fully saturated rings. The summed E-state index contributed by atoms with van der Waals surface area (Å²) in [7, 11) is 0. The van der Waals surface area contributed by atoms with E-state index in [9.17, 15) is 10.0 Å². The minimum atomic E-state index is -0.285. The molecule has 0 saturated heterocycles. The summed E-state index contributed by atoms with van der Waals surface area (Å²) in [5, 5.41) is 17.9. The largest absolute Gasteiger partial charge is 0.507 e. The average molecular weight is 827 g/mol. The maximum absolute atomic E-state index is 11.3. The number of hydrogen-bond acceptors (Lipinski definition) is 8. The van der Waals surface area contributed by atoms with E-state index in [4.69, 9.17) is 20.0 Å². The lowest BCUT2D eigenvalue weighted by Crippen LogP contribution is -2.28. The van der Waals surface area contributed by atoms with Crippen molar-refractivity contribution in [3.63, 3.8) is 0 Å². The molecule has 4 aromatic carbocycles. The molecule has 4 aromatic rings. The van der Waals surface area contributed by atoms with Crippen LogP contribution in [0.3, 0.4) is 0 Å². The molecule has 3 saturated carbocycles. The van der Waals surface area contributed by atoms with Crippen molar-refractivity contribution in [1.82, 2.24) is 0 Å². The van der Waals surface area contributed by atoms with Crippen LogP contribution in [0, 0.1) is 11.8 Å². The van der Waals surface area contributed by atoms with Crippen molar-refractivity contribution in [3.8, 4) is 5.75 Å². The second-order valence-electron chi connectivity index (χ2n) is 14.7. The van der Waals surface area contributed by atoms with Crippen molar-refractivity contribution in [2.24, 2.45) is 30.1 Å². The molecule has 0 bridgehead atoms. The quantitative estimate of drug-likeness (QED) is 0.127. The predicted octanol–water partition coefficient (Wildman–Crippen LogP) is 9.93. The number of fused-ring (bicyclic) bond motifs is 1. The van der Waals surface area contributed by atoms with Gasteiger partial charge in [-0.15, -0.1) is 0 Å². The Morgan fingerprint density at radius 2 is 1.13 bits per heavy atom. The summed E-state index contributed by atoms with van der Waals surface area (Å²) < 4.78 is 2.13. The van der Waals surface area contributed by atoms with Crippen LogP contribution in [0.25, 0.3) is 10.8 Å². The zero-order chi connectivity index (χ0) is 36.0. The number of nitrogens with zero attached hydrogens (tertiary/aromatic N) is 6. The van der Waals surface area contributed by atoms with E-state index in [1.54, 1.807) is 12.4 Å². The van der Waals surface area contributed by atoms with Crippen LogP contribution >= 0.6 is 31.9 Å². The highest BCUT2D eigenvalue weighted by atomic mass is 79.9. The number of para-hydroxylation sites is 1. The average Bonchev–Trinajstić information content (AvgIpc) is 3.85. The Bertz CT molecular complexity index is 2020. The Morgan fingerprint density at radius 1 is 0.635 bits per heavy atom. The molecule has 52 heavy (non-hydrogen) atoms. The van der Waals surface area contributed by atoms with Crippen LogP contribution in [-0.2, 0) is 0 Å². The molecule has 0 aliphatic heterocycles. The second-order valence-corrected chi connectivity index (χ2v) is 16.5. The molecule has 270 valence electrons. The molecule has 6 unspecified atom stereocenters. The SMILES string of the molecule is Cc1cc(Br)cc(C=NC2CCCCC2N=c2c3cc(C=NC4CCCCC4N=Cc4cccc(C=NC5CCCCC5N=O)c4O)cc(Br)c23)c1. The highest BCUT2D eigenvalue weighted by Crippen LogP contribution is 2.31. The van der Waals surface area contributed by atoms with Gasteiger partial charge in [0.05, 0.1) is 35.6 Å². The zero-order valence-corrected chi connectivity index (χ0v) is 32.8. The van der Waals surface area contributed by atoms with Gasteiger partial charge in [0, 0.05) is 55.7 Å². The molecule has 6 atom stereocenters. The van der Waals surface area contributed by atoms with Gasteiger partial charge in [-0.3, -0.25) is 25.0 Å². The van der Waals surface area contributed by atoms with Crippen LogP contribution in [0.1, 0.15) is 105 Å². The normalized spacial score (nSPS) is 26.6. The third-order valence-electron chi connectivity index (χ3n) is 10.9. The summed E-state index contributed by atoms with van der Waals surface area (Å²) in [5.74, 6) is 0.150. The van der Waals surface area contributed by atoms with Crippen LogP contribution in [-0.4, -0.2) is 66.2 Å². The molecule has 0 spiro atoms. The monoisotopic (exact) mass is 824 g/mol. The first kappa shape index (κ1) is 36.7. The topological polar surface area (TPSA) is 111 Å². The highest BCUT2D eigenvalue weighted by molar-refractivity contribution is 9.11. The lowest BCUT2D eigenvalue weighted by atomic mass is 9.91. The third-order valence-corrected chi connectivity index (χ3v) is 11.9. The number of benzene rings is 3. The van der Waals surface area contributed by atoms with Gasteiger partial charge in [0.1, 0.15) is 11.8 Å². The van der Waals surface area contributed by atoms with Gasteiger partial charge in [0.15, 0.2) is 0 Å². The Hall–Kier alpha value is -3.63. The first-order valence-electron chi connectivity index (χ1n) is 18.8. The fourth-order valence-corrected chi connectivity index (χ4v) is 9.25. The number of hydrogen-bond donors (Lipinski definition) is 1. The number of halogens is 2. The van der Waals surface area contributed by atoms with Crippen LogP contribution in [0.15, 0.2) is 87.6 Å². The summed E-state index contributed by atoms with van der Waals surface area (Å²) in [6.07, 6.45) is 19.8. The van der Waals surface area contributed by atoms with Crippen molar-refractivity contribution >= 4 is 67.5 Å². The molecular weight excluding hydrogens is 780 g/mol. The first-order valence-corrected chi connectivity index (χ1v) is 20.4. The Kier molecular flexibility index (Phi) is 12.0. The van der Waals surface area contributed by atoms with E-state index in [1.807, 2.05) is 30.6 Å². The smallest absolute Gasteiger partial charge is 0.133 e. The molecule has 0 amide bonds. The lowest BCUT2D eigenvalue weighted by Gasteiger charge is -2.25. The lowest BCUT2D eigenvalue weighted by molar-refractivity contribution is 0.385. The van der Waals surface area contributed by atoms with Crippen LogP contribution in [0.5, 0.6) is 5.75 Å². The van der Waals surface area contributed by atoms with E-state index in [-0.39, 0.29) is 42.0 Å². The summed E-state index contributed by atoms with van der Waals surface area (Å²) in [6.45, 7) is 2.11. The van der Waals surface area contributed by atoms with Gasteiger partial charge < -0.3 is 5.11 Å². The molecule has 10 heteroatoms. The second kappa shape index (κ2) is 17.0. The molecule has 7 rings (SSSR count). The molecular formula is C42H46Br2N6O2. The molecule has 0 aromatic heterocycles. The summed E-state index contributed by atoms with van der Waals surface area (Å²) >= 11 is 7.43. The number of phenolic OH excluding ortho intramolecular Hbond substituents is 1. The predicted molar refractivity (Wildman–Crippen MR) is 221 cm³/mol. The van der Waals surface area contributed by atoms with Crippen LogP contribution in [0.2, 0.25) is 0 Å². The highest BCUT2D eigenvalue weighted by Gasteiger charge is 2.27. The van der Waals surface area contributed by atoms with E-state index in [0.29, 0.717) is 11.1 Å². The van der Waals surface area contributed by atoms with Crippen molar-refractivity contribution in [1.29, 1.82) is 0 Å². The van der Waals surface area contributed by atoms with Gasteiger partial charge in [-0.2, -0.15) is 4.91 Å². The maximum Gasteiger partial charge on any atom is 0.133 e. The van der Waals surface area contributed by atoms with Crippen molar-refractivity contribution in [2.75, 3.05) is 0 Å². The van der Waals surface area contributed by atoms with Crippen LogP contribution < -0.4 is 5.36 Å². The minimum Gasteiger partial charge on any atom is -0.507 e. The minimum absolute atomic E-state index is 0.0394. The fraction of sp³-hybridized carbons (Fsp3) is 0.452. The van der Waals surface area contributed by atoms with Gasteiger partial charge in [-0.25, -0.2) is 0 Å². The summed E-state index contributed by atoms with van der Waals surface area (Å²) in [5.41, 5.74) is 4.67. The Morgan fingerprint density at radius 3 is 1.71 bits per heavy atom. The van der Waals surface area contributed by atoms with E-state index >= 15 is 0 Å². The van der Waals surface area contributed by atoms with Gasteiger partial charge in [-0.05, 0) is 98.5 Å². The third kappa shape index (κ3) is 8.93. The number of rotatable bonds is 10. The van der Waals surface area contributed by atoms with Crippen molar-refractivity contribution in [2.45, 2.75) is 120 Å². The fourth-order valence-electron chi connectivity index (χ4n) is 7.96. The van der Waals surface area contributed by atoms with E-state index in [2.05, 4.69) is 79.3 Å². The first-order chi connectivity index (χ1) is 25.4. The van der Waals surface area contributed by atoms with Crippen molar-refractivity contribution in [3.05, 3.63) is 95.6 Å². The van der Waals surface area contributed by atoms with Gasteiger partial charge in [0.2, 0.25) is 0 Å². The number of aliphatic imine (C=N–C) groups is 4. The standard InChI is InChI=1S/C42H46Br2N6O2/c1-26-17-27(19-31(43)18-26)22-46-36-13-4-6-15-38(36)49-41-32-20-28(21-33(44)40(32)41)23-45-34-11-2-3-12-35(34)47-24-29-9-8-10-30(42(29)51)25-48-37-14-5-7-16-39(37)50-52/h8-10,17-25,34-39,51H,2-7,11-16H2,1H3. The molecule has 0 heterocycles. The number of aryl methyl sites for hydroxylation is 1. The maximum atomic E-state index is 11.3. The Balaban J connectivity index is 1.04. The zero-order valence-electron chi connectivity index (χ0n) is 29.7. The Labute approximate surface area is 322 Å². The molecule has 3 aliphatic rings. The van der Waals surface area contributed by atoms with E-state index < -0.39 is 0 Å². The van der Waals surface area contributed by atoms with Crippen molar-refractivity contribution < 1.29 is 5.11 Å². The number of phenols is 1. The molecule has 1 N–H and O–H groups in total. The number of nitroso groups, excluding NO2 is 1. The van der Waals surface area contributed by atoms with Gasteiger partial charge in [-0.1, -0.05) is 87.7 Å². The molecule has 8 nitrogen and oxygen atoms in total. The van der Waals surface area contributed by atoms with E-state index in [1.165, 1.54) is 29.2 Å². The van der Waals surface area contributed by atoms with E-state index in [0.717, 1.165) is 89.6 Å². The summed E-state index contributed by atoms with van der Waals surface area (Å²) in [4.78, 5) is 36.2. The van der Waals surface area contributed by atoms with Gasteiger partial charge >= 0.3 is 0 Å². The molecule has 0 radical (unpaired) electrons. The summed E-state index contributed by atoms with van der Waals surface area (Å²) in [6, 6.07) is 16.4.